The largest absolute Gasteiger partial charge is 0.494 e. The molecule has 0 unspecified atom stereocenters. The van der Waals surface area contributed by atoms with Crippen molar-refractivity contribution in [1.29, 1.82) is 0 Å². The van der Waals surface area contributed by atoms with Gasteiger partial charge < -0.3 is 19.9 Å². The molecule has 1 fully saturated rings. The monoisotopic (exact) mass is 392 g/mol. The fourth-order valence-corrected chi connectivity index (χ4v) is 3.77. The van der Waals surface area contributed by atoms with Crippen LogP contribution in [0.25, 0.3) is 10.9 Å². The van der Waals surface area contributed by atoms with Gasteiger partial charge in [-0.25, -0.2) is 4.98 Å². The summed E-state index contributed by atoms with van der Waals surface area (Å²) in [6.07, 6.45) is 6.94. The molecule has 1 aliphatic rings. The molecular weight excluding hydrogens is 364 g/mol. The third kappa shape index (κ3) is 4.70. The quantitative estimate of drug-likeness (QED) is 0.657. The van der Waals surface area contributed by atoms with Crippen molar-refractivity contribution in [2.75, 3.05) is 24.6 Å². The maximum Gasteiger partial charge on any atom is 0.267 e. The Balaban J connectivity index is 1.37. The lowest BCUT2D eigenvalue weighted by molar-refractivity contribution is 0.0946. The minimum Gasteiger partial charge on any atom is -0.494 e. The summed E-state index contributed by atoms with van der Waals surface area (Å²) in [5.41, 5.74) is 2.43. The fourth-order valence-electron chi connectivity index (χ4n) is 3.77. The van der Waals surface area contributed by atoms with Gasteiger partial charge in [0.15, 0.2) is 0 Å². The summed E-state index contributed by atoms with van der Waals surface area (Å²) < 4.78 is 5.52. The number of hydrogen-bond donors (Lipinski definition) is 2. The highest BCUT2D eigenvalue weighted by atomic mass is 16.5. The number of carbonyl (C=O) groups excluding carboxylic acids is 1. The summed E-state index contributed by atoms with van der Waals surface area (Å²) >= 11 is 0. The van der Waals surface area contributed by atoms with Crippen molar-refractivity contribution in [2.45, 2.75) is 39.2 Å². The maximum atomic E-state index is 12.5. The Morgan fingerprint density at radius 2 is 1.97 bits per heavy atom. The molecule has 1 amide bonds. The molecule has 4 rings (SSSR count). The molecule has 0 saturated carbocycles. The Morgan fingerprint density at radius 1 is 1.14 bits per heavy atom. The second-order valence-corrected chi connectivity index (χ2v) is 7.47. The van der Waals surface area contributed by atoms with E-state index in [9.17, 15) is 4.79 Å². The maximum absolute atomic E-state index is 12.5. The van der Waals surface area contributed by atoms with E-state index in [-0.39, 0.29) is 5.91 Å². The van der Waals surface area contributed by atoms with Crippen molar-refractivity contribution in [1.82, 2.24) is 15.3 Å². The first-order chi connectivity index (χ1) is 14.2. The molecule has 0 radical (unpaired) electrons. The van der Waals surface area contributed by atoms with E-state index in [1.165, 1.54) is 25.7 Å². The number of nitrogens with zero attached hydrogens (tertiary/aromatic N) is 2. The molecule has 6 nitrogen and oxygen atoms in total. The Morgan fingerprint density at radius 3 is 2.69 bits per heavy atom. The fraction of sp³-hybridized carbons (Fsp3) is 0.391. The molecule has 1 aromatic carbocycles. The van der Waals surface area contributed by atoms with Gasteiger partial charge in [-0.05, 0) is 49.6 Å². The van der Waals surface area contributed by atoms with Gasteiger partial charge in [0.2, 0.25) is 0 Å². The van der Waals surface area contributed by atoms with Crippen LogP contribution in [0, 0.1) is 0 Å². The van der Waals surface area contributed by atoms with Crippen LogP contribution in [0.1, 0.15) is 48.7 Å². The van der Waals surface area contributed by atoms with Gasteiger partial charge >= 0.3 is 0 Å². The van der Waals surface area contributed by atoms with E-state index >= 15 is 0 Å². The van der Waals surface area contributed by atoms with E-state index in [2.05, 4.69) is 26.3 Å². The number of H-pyrrole nitrogens is 1. The van der Waals surface area contributed by atoms with Crippen LogP contribution in [-0.4, -0.2) is 35.6 Å². The molecule has 29 heavy (non-hydrogen) atoms. The van der Waals surface area contributed by atoms with Crippen LogP contribution in [-0.2, 0) is 6.54 Å². The van der Waals surface area contributed by atoms with Gasteiger partial charge in [0.1, 0.15) is 17.3 Å². The number of pyridine rings is 1. The van der Waals surface area contributed by atoms with Gasteiger partial charge in [-0.15, -0.1) is 0 Å². The number of aromatic nitrogens is 2. The highest BCUT2D eigenvalue weighted by molar-refractivity contribution is 5.98. The van der Waals surface area contributed by atoms with Crippen LogP contribution in [0.2, 0.25) is 0 Å². The number of aromatic amines is 1. The molecule has 3 aromatic rings. The van der Waals surface area contributed by atoms with E-state index in [0.29, 0.717) is 18.8 Å². The van der Waals surface area contributed by atoms with E-state index in [4.69, 9.17) is 4.74 Å². The molecular formula is C23H28N4O2. The number of benzene rings is 1. The van der Waals surface area contributed by atoms with E-state index < -0.39 is 0 Å². The van der Waals surface area contributed by atoms with Crippen molar-refractivity contribution in [2.24, 2.45) is 0 Å². The zero-order chi connectivity index (χ0) is 20.1. The summed E-state index contributed by atoms with van der Waals surface area (Å²) in [6.45, 7) is 5.17. The highest BCUT2D eigenvalue weighted by Gasteiger charge is 2.12. The van der Waals surface area contributed by atoms with Gasteiger partial charge in [0, 0.05) is 42.8 Å². The molecule has 1 aliphatic heterocycles. The van der Waals surface area contributed by atoms with Crippen LogP contribution in [0.15, 0.2) is 42.6 Å². The topological polar surface area (TPSA) is 70.2 Å². The Hall–Kier alpha value is -3.02. The van der Waals surface area contributed by atoms with E-state index in [1.807, 2.05) is 43.5 Å². The number of rotatable bonds is 6. The van der Waals surface area contributed by atoms with Crippen molar-refractivity contribution in [3.63, 3.8) is 0 Å². The van der Waals surface area contributed by atoms with Gasteiger partial charge in [-0.2, -0.15) is 0 Å². The van der Waals surface area contributed by atoms with Gasteiger partial charge in [-0.1, -0.05) is 18.9 Å². The number of nitrogens with one attached hydrogen (secondary N) is 2. The van der Waals surface area contributed by atoms with Crippen molar-refractivity contribution < 1.29 is 9.53 Å². The predicted molar refractivity (Wildman–Crippen MR) is 116 cm³/mol. The number of amides is 1. The number of carbonyl (C=O) groups is 1. The summed E-state index contributed by atoms with van der Waals surface area (Å²) in [5.74, 6) is 1.70. The SMILES string of the molecule is CCOc1ccc2cc(C(=O)NCc3ccc(N4CCCCCC4)nc3)[nH]c2c1. The molecule has 0 spiro atoms. The summed E-state index contributed by atoms with van der Waals surface area (Å²) in [4.78, 5) is 22.7. The van der Waals surface area contributed by atoms with Crippen LogP contribution < -0.4 is 15.0 Å². The first-order valence-electron chi connectivity index (χ1n) is 10.5. The number of fused-ring (bicyclic) bond motifs is 1. The smallest absolute Gasteiger partial charge is 0.267 e. The summed E-state index contributed by atoms with van der Waals surface area (Å²) in [6, 6.07) is 11.8. The molecule has 152 valence electrons. The molecule has 3 heterocycles. The van der Waals surface area contributed by atoms with E-state index in [0.717, 1.165) is 41.1 Å². The Kier molecular flexibility index (Phi) is 5.98. The van der Waals surface area contributed by atoms with Crippen molar-refractivity contribution in [3.05, 3.63) is 53.9 Å². The van der Waals surface area contributed by atoms with Crippen LogP contribution in [0.5, 0.6) is 5.75 Å². The van der Waals surface area contributed by atoms with Crippen molar-refractivity contribution >= 4 is 22.6 Å². The first-order valence-corrected chi connectivity index (χ1v) is 10.5. The normalized spacial score (nSPS) is 14.6. The molecule has 0 bridgehead atoms. The second kappa shape index (κ2) is 8.99. The highest BCUT2D eigenvalue weighted by Crippen LogP contribution is 2.22. The predicted octanol–water partition coefficient (Wildman–Crippen LogP) is 4.27. The molecule has 0 atom stereocenters. The van der Waals surface area contributed by atoms with Crippen molar-refractivity contribution in [3.8, 4) is 5.75 Å². The first kappa shape index (κ1) is 19.3. The van der Waals surface area contributed by atoms with Gasteiger partial charge in [0.05, 0.1) is 6.61 Å². The Bertz CT molecular complexity index is 957. The lowest BCUT2D eigenvalue weighted by Crippen LogP contribution is -2.25. The number of anilines is 1. The summed E-state index contributed by atoms with van der Waals surface area (Å²) in [7, 11) is 0. The van der Waals surface area contributed by atoms with Crippen LogP contribution in [0.4, 0.5) is 5.82 Å². The molecule has 0 aliphatic carbocycles. The van der Waals surface area contributed by atoms with Crippen LogP contribution in [0.3, 0.4) is 0 Å². The van der Waals surface area contributed by atoms with Gasteiger partial charge in [-0.3, -0.25) is 4.79 Å². The van der Waals surface area contributed by atoms with E-state index in [1.54, 1.807) is 0 Å². The minimum absolute atomic E-state index is 0.129. The average molecular weight is 393 g/mol. The molecule has 2 N–H and O–H groups in total. The zero-order valence-electron chi connectivity index (χ0n) is 16.9. The number of hydrogen-bond acceptors (Lipinski definition) is 4. The van der Waals surface area contributed by atoms with Crippen LogP contribution >= 0.6 is 0 Å². The number of ether oxygens (including phenoxy) is 1. The average Bonchev–Trinajstić information content (AvgIpc) is 2.98. The Labute approximate surface area is 171 Å². The summed E-state index contributed by atoms with van der Waals surface area (Å²) in [5, 5.41) is 3.96. The third-order valence-electron chi connectivity index (χ3n) is 5.34. The second-order valence-electron chi connectivity index (χ2n) is 7.47. The molecule has 6 heteroatoms. The third-order valence-corrected chi connectivity index (χ3v) is 5.34. The molecule has 2 aromatic heterocycles. The lowest BCUT2D eigenvalue weighted by atomic mass is 10.2. The standard InChI is InChI=1S/C23H28N4O2/c1-2-29-19-9-8-18-13-21(26-20(18)14-19)23(28)25-16-17-7-10-22(24-15-17)27-11-5-3-4-6-12-27/h7-10,13-15,26H,2-6,11-12,16H2,1H3,(H,25,28). The minimum atomic E-state index is -0.129. The molecule has 1 saturated heterocycles. The van der Waals surface area contributed by atoms with Gasteiger partial charge in [0.25, 0.3) is 5.91 Å². The lowest BCUT2D eigenvalue weighted by Gasteiger charge is -2.21. The zero-order valence-corrected chi connectivity index (χ0v) is 16.9.